The number of fused-ring (bicyclic) bond motifs is 9. The molecule has 40 heavy (non-hydrogen) atoms. The fraction of sp³-hybridized carbons (Fsp3) is 0. The van der Waals surface area contributed by atoms with Gasteiger partial charge in [-0.1, -0.05) is 103 Å². The quantitative estimate of drug-likeness (QED) is 0.224. The molecule has 0 saturated carbocycles. The number of aromatic nitrogens is 2. The van der Waals surface area contributed by atoms with E-state index in [0.29, 0.717) is 0 Å². The molecule has 1 N–H and O–H groups in total. The molecule has 0 fully saturated rings. The van der Waals surface area contributed by atoms with Crippen molar-refractivity contribution in [3.8, 4) is 16.8 Å². The maximum atomic E-state index is 3.80. The molecule has 0 amide bonds. The molecule has 2 heterocycles. The van der Waals surface area contributed by atoms with Gasteiger partial charge in [0.15, 0.2) is 0 Å². The third kappa shape index (κ3) is 2.93. The summed E-state index contributed by atoms with van der Waals surface area (Å²) in [5.74, 6) is 0. The van der Waals surface area contributed by atoms with E-state index in [2.05, 4.69) is 149 Å². The third-order valence-electron chi connectivity index (χ3n) is 8.51. The Kier molecular flexibility index (Phi) is 4.36. The molecule has 2 nitrogen and oxygen atoms in total. The third-order valence-corrected chi connectivity index (χ3v) is 8.51. The molecule has 0 aliphatic rings. The van der Waals surface area contributed by atoms with E-state index in [0.717, 1.165) is 5.52 Å². The number of para-hydroxylation sites is 3. The Morgan fingerprint density at radius 3 is 1.80 bits per heavy atom. The van der Waals surface area contributed by atoms with Gasteiger partial charge in [0.05, 0.1) is 16.6 Å². The van der Waals surface area contributed by atoms with Gasteiger partial charge < -0.3 is 9.55 Å². The molecular formula is C38H24N2. The smallest absolute Gasteiger partial charge is 0.0544 e. The van der Waals surface area contributed by atoms with Crippen molar-refractivity contribution in [1.29, 1.82) is 0 Å². The van der Waals surface area contributed by atoms with Crippen LogP contribution in [0.2, 0.25) is 0 Å². The van der Waals surface area contributed by atoms with Crippen LogP contribution in [0.5, 0.6) is 0 Å². The van der Waals surface area contributed by atoms with Crippen molar-refractivity contribution in [2.45, 2.75) is 0 Å². The summed E-state index contributed by atoms with van der Waals surface area (Å²) in [4.78, 5) is 3.80. The predicted molar refractivity (Wildman–Crippen MR) is 171 cm³/mol. The summed E-state index contributed by atoms with van der Waals surface area (Å²) >= 11 is 0. The number of nitrogens with one attached hydrogen (secondary N) is 1. The largest absolute Gasteiger partial charge is 0.354 e. The maximum absolute atomic E-state index is 3.80. The van der Waals surface area contributed by atoms with Gasteiger partial charge in [0.1, 0.15) is 0 Å². The van der Waals surface area contributed by atoms with E-state index < -0.39 is 0 Å². The Hall–Kier alpha value is -5.34. The van der Waals surface area contributed by atoms with Crippen molar-refractivity contribution >= 4 is 65.2 Å². The highest BCUT2D eigenvalue weighted by Crippen LogP contribution is 2.40. The highest BCUT2D eigenvalue weighted by Gasteiger charge is 2.16. The maximum Gasteiger partial charge on any atom is 0.0544 e. The molecule has 0 saturated heterocycles. The molecule has 9 rings (SSSR count). The van der Waals surface area contributed by atoms with Gasteiger partial charge in [0.25, 0.3) is 0 Å². The lowest BCUT2D eigenvalue weighted by atomic mass is 9.92. The SMILES string of the molecule is c1ccc2c(c1)cc(-c1cccc3c1[nH]c1ccc(-n4c5ccccc5c5ccccc54)cc13)c1ccccc12. The van der Waals surface area contributed by atoms with Crippen LogP contribution in [0.4, 0.5) is 0 Å². The van der Waals surface area contributed by atoms with Crippen LogP contribution in [-0.2, 0) is 0 Å². The average molecular weight is 509 g/mol. The molecule has 0 aliphatic carbocycles. The van der Waals surface area contributed by atoms with E-state index in [1.807, 2.05) is 0 Å². The zero-order chi connectivity index (χ0) is 26.2. The van der Waals surface area contributed by atoms with Crippen molar-refractivity contribution in [2.24, 2.45) is 0 Å². The van der Waals surface area contributed by atoms with Crippen molar-refractivity contribution in [3.63, 3.8) is 0 Å². The van der Waals surface area contributed by atoms with Crippen molar-refractivity contribution in [3.05, 3.63) is 140 Å². The van der Waals surface area contributed by atoms with Gasteiger partial charge in [0, 0.05) is 38.3 Å². The molecular weight excluding hydrogens is 484 g/mol. The molecule has 0 aliphatic heterocycles. The van der Waals surface area contributed by atoms with E-state index in [4.69, 9.17) is 0 Å². The van der Waals surface area contributed by atoms with Gasteiger partial charge in [-0.2, -0.15) is 0 Å². The number of hydrogen-bond acceptors (Lipinski definition) is 0. The summed E-state index contributed by atoms with van der Waals surface area (Å²) in [5, 5.41) is 10.2. The van der Waals surface area contributed by atoms with Gasteiger partial charge in [0.2, 0.25) is 0 Å². The van der Waals surface area contributed by atoms with Crippen molar-refractivity contribution < 1.29 is 0 Å². The highest BCUT2D eigenvalue weighted by molar-refractivity contribution is 6.19. The molecule has 0 spiro atoms. The number of rotatable bonds is 2. The topological polar surface area (TPSA) is 20.7 Å². The van der Waals surface area contributed by atoms with Crippen LogP contribution < -0.4 is 0 Å². The zero-order valence-corrected chi connectivity index (χ0v) is 21.7. The molecule has 9 aromatic rings. The van der Waals surface area contributed by atoms with Gasteiger partial charge in [-0.05, 0) is 63.5 Å². The summed E-state index contributed by atoms with van der Waals surface area (Å²) in [5.41, 5.74) is 8.45. The second-order valence-electron chi connectivity index (χ2n) is 10.6. The van der Waals surface area contributed by atoms with Gasteiger partial charge >= 0.3 is 0 Å². The summed E-state index contributed by atoms with van der Waals surface area (Å²) in [6.45, 7) is 0. The summed E-state index contributed by atoms with van der Waals surface area (Å²) < 4.78 is 2.39. The number of nitrogens with zero attached hydrogens (tertiary/aromatic N) is 1. The summed E-state index contributed by atoms with van der Waals surface area (Å²) in [7, 11) is 0. The van der Waals surface area contributed by atoms with Crippen LogP contribution in [-0.4, -0.2) is 9.55 Å². The number of aromatic amines is 1. The number of hydrogen-bond donors (Lipinski definition) is 1. The number of H-pyrrole nitrogens is 1. The lowest BCUT2D eigenvalue weighted by Gasteiger charge is -2.12. The van der Waals surface area contributed by atoms with Crippen LogP contribution >= 0.6 is 0 Å². The monoisotopic (exact) mass is 508 g/mol. The Balaban J connectivity index is 1.33. The molecule has 0 unspecified atom stereocenters. The molecule has 2 heteroatoms. The Labute approximate surface area is 230 Å². The van der Waals surface area contributed by atoms with Crippen LogP contribution in [0.3, 0.4) is 0 Å². The van der Waals surface area contributed by atoms with Crippen LogP contribution in [0, 0.1) is 0 Å². The summed E-state index contributed by atoms with van der Waals surface area (Å²) in [6, 6.07) is 50.7. The van der Waals surface area contributed by atoms with E-state index >= 15 is 0 Å². The Bertz CT molecular complexity index is 2380. The van der Waals surface area contributed by atoms with Crippen molar-refractivity contribution in [2.75, 3.05) is 0 Å². The van der Waals surface area contributed by atoms with Gasteiger partial charge in [-0.25, -0.2) is 0 Å². The highest BCUT2D eigenvalue weighted by atomic mass is 15.0. The second-order valence-corrected chi connectivity index (χ2v) is 10.6. The van der Waals surface area contributed by atoms with Crippen LogP contribution in [0.25, 0.3) is 82.0 Å². The Morgan fingerprint density at radius 1 is 0.400 bits per heavy atom. The molecule has 0 atom stereocenters. The average Bonchev–Trinajstić information content (AvgIpc) is 3.56. The normalized spacial score (nSPS) is 12.0. The van der Waals surface area contributed by atoms with E-state index in [1.165, 1.54) is 76.5 Å². The first-order chi connectivity index (χ1) is 19.8. The van der Waals surface area contributed by atoms with E-state index in [-0.39, 0.29) is 0 Å². The fourth-order valence-corrected chi connectivity index (χ4v) is 6.75. The lowest BCUT2D eigenvalue weighted by molar-refractivity contribution is 1.19. The first kappa shape index (κ1) is 21.6. The lowest BCUT2D eigenvalue weighted by Crippen LogP contribution is -1.93. The van der Waals surface area contributed by atoms with Crippen LogP contribution in [0.1, 0.15) is 0 Å². The minimum Gasteiger partial charge on any atom is -0.354 e. The van der Waals surface area contributed by atoms with Gasteiger partial charge in [-0.3, -0.25) is 0 Å². The number of benzene rings is 7. The predicted octanol–water partition coefficient (Wildman–Crippen LogP) is 10.4. The molecule has 0 radical (unpaired) electrons. The zero-order valence-electron chi connectivity index (χ0n) is 21.7. The molecule has 186 valence electrons. The Morgan fingerprint density at radius 2 is 1.02 bits per heavy atom. The summed E-state index contributed by atoms with van der Waals surface area (Å²) in [6.07, 6.45) is 0. The molecule has 2 aromatic heterocycles. The second kappa shape index (κ2) is 8.08. The molecule has 0 bridgehead atoms. The minimum atomic E-state index is 1.15. The molecule has 7 aromatic carbocycles. The fourth-order valence-electron chi connectivity index (χ4n) is 6.75. The first-order valence-corrected chi connectivity index (χ1v) is 13.8. The first-order valence-electron chi connectivity index (χ1n) is 13.8. The van der Waals surface area contributed by atoms with E-state index in [9.17, 15) is 0 Å². The van der Waals surface area contributed by atoms with Crippen LogP contribution in [0.15, 0.2) is 140 Å². The van der Waals surface area contributed by atoms with Gasteiger partial charge in [-0.15, -0.1) is 0 Å². The minimum absolute atomic E-state index is 1.15. The standard InChI is InChI=1S/C38H24N2/c1-2-11-26-24(10-1)22-33(28-13-4-3-12-27(26)28)31-16-9-17-32-34-23-25(20-21-35(34)39-38(31)32)40-36-18-7-5-14-29(36)30-15-6-8-19-37(30)40/h1-23,39H. The van der Waals surface area contributed by atoms with Crippen molar-refractivity contribution in [1.82, 2.24) is 9.55 Å². The van der Waals surface area contributed by atoms with E-state index in [1.54, 1.807) is 0 Å².